The second-order valence-electron chi connectivity index (χ2n) is 4.83. The van der Waals surface area contributed by atoms with Gasteiger partial charge in [0.15, 0.2) is 5.16 Å². The maximum absolute atomic E-state index is 10.2. The molecule has 0 aromatic carbocycles. The van der Waals surface area contributed by atoms with E-state index in [-0.39, 0.29) is 5.92 Å². The van der Waals surface area contributed by atoms with Crippen LogP contribution in [0.15, 0.2) is 16.6 Å². The van der Waals surface area contributed by atoms with E-state index in [4.69, 9.17) is 5.73 Å². The molecule has 0 aliphatic heterocycles. The second-order valence-corrected chi connectivity index (χ2v) is 6.67. The van der Waals surface area contributed by atoms with Crippen molar-refractivity contribution in [2.24, 2.45) is 5.92 Å². The highest BCUT2D eigenvalue weighted by Gasteiger charge is 2.25. The first-order valence-corrected chi connectivity index (χ1v) is 7.62. The van der Waals surface area contributed by atoms with Gasteiger partial charge in [0.05, 0.1) is 11.0 Å². The summed E-state index contributed by atoms with van der Waals surface area (Å²) in [4.78, 5) is 9.60. The van der Waals surface area contributed by atoms with Gasteiger partial charge in [0.25, 0.3) is 0 Å². The van der Waals surface area contributed by atoms with Crippen molar-refractivity contribution in [3.63, 3.8) is 0 Å². The van der Waals surface area contributed by atoms with E-state index in [0.717, 1.165) is 10.2 Å². The molecule has 0 aliphatic rings. The fourth-order valence-corrected chi connectivity index (χ4v) is 3.20. The van der Waals surface area contributed by atoms with Gasteiger partial charge >= 0.3 is 0 Å². The van der Waals surface area contributed by atoms with Crippen molar-refractivity contribution in [3.05, 3.63) is 11.4 Å². The van der Waals surface area contributed by atoms with Crippen molar-refractivity contribution < 1.29 is 5.11 Å². The van der Waals surface area contributed by atoms with Crippen LogP contribution in [0.25, 0.3) is 10.2 Å². The monoisotopic (exact) mass is 283 g/mol. The van der Waals surface area contributed by atoms with Gasteiger partial charge in [-0.15, -0.1) is 11.3 Å². The van der Waals surface area contributed by atoms with Crippen LogP contribution in [0, 0.1) is 5.92 Å². The average molecular weight is 283 g/mol. The molecule has 0 aliphatic carbocycles. The van der Waals surface area contributed by atoms with E-state index in [1.807, 2.05) is 32.2 Å². The molecular weight excluding hydrogens is 266 g/mol. The van der Waals surface area contributed by atoms with Crippen LogP contribution >= 0.6 is 23.1 Å². The van der Waals surface area contributed by atoms with Crippen molar-refractivity contribution in [1.82, 2.24) is 9.97 Å². The molecule has 4 nitrogen and oxygen atoms in total. The molecule has 0 bridgehead atoms. The number of nitrogen functional groups attached to an aromatic ring is 1. The number of aliphatic hydroxyl groups is 1. The third kappa shape index (κ3) is 2.76. The number of nitrogens with zero attached hydrogens (tertiary/aromatic N) is 2. The Morgan fingerprint density at radius 3 is 2.89 bits per heavy atom. The number of nitrogens with two attached hydrogens (primary N) is 1. The lowest BCUT2D eigenvalue weighted by molar-refractivity contribution is 0.0376. The largest absolute Gasteiger partial charge is 0.389 e. The first-order valence-electron chi connectivity index (χ1n) is 5.76. The first kappa shape index (κ1) is 13.6. The van der Waals surface area contributed by atoms with E-state index < -0.39 is 5.60 Å². The minimum atomic E-state index is -0.729. The summed E-state index contributed by atoms with van der Waals surface area (Å²) in [6, 6.07) is 1.92. The maximum Gasteiger partial charge on any atom is 0.190 e. The Kier molecular flexibility index (Phi) is 3.79. The molecule has 2 aromatic rings. The summed E-state index contributed by atoms with van der Waals surface area (Å²) in [6.45, 7) is 5.83. The molecule has 0 radical (unpaired) electrons. The van der Waals surface area contributed by atoms with Gasteiger partial charge in [-0.1, -0.05) is 25.6 Å². The smallest absolute Gasteiger partial charge is 0.190 e. The molecule has 98 valence electrons. The van der Waals surface area contributed by atoms with Crippen LogP contribution < -0.4 is 5.73 Å². The van der Waals surface area contributed by atoms with Crippen LogP contribution in [0.5, 0.6) is 0 Å². The van der Waals surface area contributed by atoms with E-state index in [1.165, 1.54) is 11.8 Å². The summed E-state index contributed by atoms with van der Waals surface area (Å²) >= 11 is 2.99. The van der Waals surface area contributed by atoms with E-state index in [1.54, 1.807) is 11.3 Å². The average Bonchev–Trinajstić information content (AvgIpc) is 2.75. The molecule has 0 fully saturated rings. The fraction of sp³-hybridized carbons (Fsp3) is 0.500. The molecule has 2 rings (SSSR count). The molecule has 2 heterocycles. The standard InChI is InChI=1S/C12H17N3OS2/c1-7(2)12(3,16)6-18-11-14-9(13)8-4-5-17-10(8)15-11/h4-5,7,16H,6H2,1-3H3,(H2,13,14,15). The number of thioether (sulfide) groups is 1. The highest BCUT2D eigenvalue weighted by atomic mass is 32.2. The molecule has 1 atom stereocenters. The first-order chi connectivity index (χ1) is 8.40. The topological polar surface area (TPSA) is 72.0 Å². The molecule has 18 heavy (non-hydrogen) atoms. The van der Waals surface area contributed by atoms with Crippen LogP contribution in [0.3, 0.4) is 0 Å². The Balaban J connectivity index is 2.17. The lowest BCUT2D eigenvalue weighted by Crippen LogP contribution is -2.33. The molecule has 0 spiro atoms. The Morgan fingerprint density at radius 2 is 2.22 bits per heavy atom. The van der Waals surface area contributed by atoms with Gasteiger partial charge in [0.2, 0.25) is 0 Å². The minimum Gasteiger partial charge on any atom is -0.389 e. The summed E-state index contributed by atoms with van der Waals surface area (Å²) in [7, 11) is 0. The van der Waals surface area contributed by atoms with Crippen molar-refractivity contribution in [1.29, 1.82) is 0 Å². The molecule has 3 N–H and O–H groups in total. The molecule has 0 saturated heterocycles. The molecule has 2 aromatic heterocycles. The zero-order valence-electron chi connectivity index (χ0n) is 10.7. The summed E-state index contributed by atoms with van der Waals surface area (Å²) in [5, 5.41) is 13.7. The Morgan fingerprint density at radius 1 is 1.50 bits per heavy atom. The van der Waals surface area contributed by atoms with Gasteiger partial charge in [-0.2, -0.15) is 0 Å². The molecule has 0 amide bonds. The van der Waals surface area contributed by atoms with Gasteiger partial charge < -0.3 is 10.8 Å². The van der Waals surface area contributed by atoms with E-state index in [2.05, 4.69) is 9.97 Å². The zero-order valence-corrected chi connectivity index (χ0v) is 12.3. The van der Waals surface area contributed by atoms with Crippen molar-refractivity contribution in [3.8, 4) is 0 Å². The van der Waals surface area contributed by atoms with Gasteiger partial charge in [-0.3, -0.25) is 0 Å². The minimum absolute atomic E-state index is 0.188. The Hall–Kier alpha value is -0.850. The maximum atomic E-state index is 10.2. The second kappa shape index (κ2) is 5.03. The predicted octanol–water partition coefficient (Wildman–Crippen LogP) is 2.77. The van der Waals surface area contributed by atoms with Crippen LogP contribution in [0.1, 0.15) is 20.8 Å². The summed E-state index contributed by atoms with van der Waals surface area (Å²) in [5.41, 5.74) is 5.15. The van der Waals surface area contributed by atoms with Gasteiger partial charge in [0.1, 0.15) is 10.6 Å². The highest BCUT2D eigenvalue weighted by Crippen LogP contribution is 2.29. The number of rotatable bonds is 4. The third-order valence-corrected chi connectivity index (χ3v) is 5.05. The van der Waals surface area contributed by atoms with Gasteiger partial charge in [0, 0.05) is 5.75 Å². The number of anilines is 1. The third-order valence-electron chi connectivity index (χ3n) is 3.07. The molecule has 6 heteroatoms. The quantitative estimate of drug-likeness (QED) is 0.667. The van der Waals surface area contributed by atoms with Crippen molar-refractivity contribution >= 4 is 39.1 Å². The zero-order chi connectivity index (χ0) is 13.3. The van der Waals surface area contributed by atoms with E-state index >= 15 is 0 Å². The summed E-state index contributed by atoms with van der Waals surface area (Å²) in [5.74, 6) is 1.25. The number of hydrogen-bond donors (Lipinski definition) is 2. The summed E-state index contributed by atoms with van der Waals surface area (Å²) in [6.07, 6.45) is 0. The molecular formula is C12H17N3OS2. The Bertz CT molecular complexity index is 551. The number of thiophene rings is 1. The normalized spacial score (nSPS) is 15.2. The van der Waals surface area contributed by atoms with Crippen molar-refractivity contribution in [2.75, 3.05) is 11.5 Å². The van der Waals surface area contributed by atoms with Gasteiger partial charge in [-0.25, -0.2) is 9.97 Å². The van der Waals surface area contributed by atoms with Crippen LogP contribution in [-0.4, -0.2) is 26.4 Å². The predicted molar refractivity (Wildman–Crippen MR) is 78.0 cm³/mol. The van der Waals surface area contributed by atoms with E-state index in [9.17, 15) is 5.11 Å². The van der Waals surface area contributed by atoms with Crippen LogP contribution in [-0.2, 0) is 0 Å². The SMILES string of the molecule is CC(C)C(C)(O)CSc1nc(N)c2ccsc2n1. The highest BCUT2D eigenvalue weighted by molar-refractivity contribution is 7.99. The lowest BCUT2D eigenvalue weighted by atomic mass is 9.95. The number of hydrogen-bond acceptors (Lipinski definition) is 6. The molecule has 0 saturated carbocycles. The fourth-order valence-electron chi connectivity index (χ4n) is 1.30. The van der Waals surface area contributed by atoms with Crippen LogP contribution in [0.2, 0.25) is 0 Å². The number of fused-ring (bicyclic) bond motifs is 1. The molecule has 1 unspecified atom stereocenters. The number of aromatic nitrogens is 2. The van der Waals surface area contributed by atoms with Crippen LogP contribution in [0.4, 0.5) is 5.82 Å². The summed E-state index contributed by atoms with van der Waals surface area (Å²) < 4.78 is 0. The van der Waals surface area contributed by atoms with Crippen molar-refractivity contribution in [2.45, 2.75) is 31.5 Å². The van der Waals surface area contributed by atoms with E-state index in [0.29, 0.717) is 16.7 Å². The van der Waals surface area contributed by atoms with Gasteiger partial charge in [-0.05, 0) is 24.3 Å². The Labute approximate surface area is 115 Å². The lowest BCUT2D eigenvalue weighted by Gasteiger charge is -2.26.